The standard InChI is InChI=1S/C16H26N2O/c1-17-13-16(9-5-11-18(16)2)10-8-14-6-4-7-15(12-14)19-3/h4,6-7,12,17H,5,8-11,13H2,1-3H3. The monoisotopic (exact) mass is 262 g/mol. The molecule has 106 valence electrons. The zero-order chi connectivity index (χ0) is 13.7. The number of hydrogen-bond donors (Lipinski definition) is 1. The number of ether oxygens (including phenoxy) is 1. The van der Waals surface area contributed by atoms with Gasteiger partial charge >= 0.3 is 0 Å². The highest BCUT2D eigenvalue weighted by atomic mass is 16.5. The average molecular weight is 262 g/mol. The number of rotatable bonds is 6. The fourth-order valence-electron chi connectivity index (χ4n) is 3.23. The summed E-state index contributed by atoms with van der Waals surface area (Å²) in [7, 11) is 6.04. The molecule has 0 spiro atoms. The van der Waals surface area contributed by atoms with Crippen LogP contribution in [-0.4, -0.2) is 44.7 Å². The van der Waals surface area contributed by atoms with E-state index in [2.05, 4.69) is 42.5 Å². The molecule has 0 radical (unpaired) electrons. The molecule has 1 N–H and O–H groups in total. The maximum Gasteiger partial charge on any atom is 0.119 e. The fraction of sp³-hybridized carbons (Fsp3) is 0.625. The lowest BCUT2D eigenvalue weighted by Crippen LogP contribution is -2.48. The lowest BCUT2D eigenvalue weighted by Gasteiger charge is -2.36. The predicted octanol–water partition coefficient (Wildman–Crippen LogP) is 2.31. The van der Waals surface area contributed by atoms with Gasteiger partial charge in [-0.25, -0.2) is 0 Å². The molecule has 1 fully saturated rings. The van der Waals surface area contributed by atoms with Crippen molar-refractivity contribution in [2.45, 2.75) is 31.2 Å². The first-order valence-corrected chi connectivity index (χ1v) is 7.19. The quantitative estimate of drug-likeness (QED) is 0.851. The molecule has 1 aliphatic rings. The van der Waals surface area contributed by atoms with Gasteiger partial charge < -0.3 is 10.1 Å². The smallest absolute Gasteiger partial charge is 0.119 e. The highest BCUT2D eigenvalue weighted by Crippen LogP contribution is 2.32. The number of nitrogens with zero attached hydrogens (tertiary/aromatic N) is 1. The maximum absolute atomic E-state index is 5.30. The Morgan fingerprint density at radius 1 is 1.42 bits per heavy atom. The van der Waals surface area contributed by atoms with Crippen LogP contribution >= 0.6 is 0 Å². The topological polar surface area (TPSA) is 24.5 Å². The number of benzene rings is 1. The Balaban J connectivity index is 2.02. The largest absolute Gasteiger partial charge is 0.497 e. The zero-order valence-corrected chi connectivity index (χ0v) is 12.4. The third kappa shape index (κ3) is 3.28. The molecule has 0 aliphatic carbocycles. The van der Waals surface area contributed by atoms with E-state index < -0.39 is 0 Å². The molecule has 1 aromatic rings. The summed E-state index contributed by atoms with van der Waals surface area (Å²) in [6.45, 7) is 2.30. The zero-order valence-electron chi connectivity index (χ0n) is 12.4. The third-order valence-corrected chi connectivity index (χ3v) is 4.46. The number of likely N-dealkylation sites (tertiary alicyclic amines) is 1. The second-order valence-electron chi connectivity index (χ2n) is 5.63. The van der Waals surface area contributed by atoms with Crippen LogP contribution in [0.4, 0.5) is 0 Å². The lowest BCUT2D eigenvalue weighted by atomic mass is 9.88. The van der Waals surface area contributed by atoms with Gasteiger partial charge in [-0.2, -0.15) is 0 Å². The van der Waals surface area contributed by atoms with Crippen molar-refractivity contribution in [3.8, 4) is 5.75 Å². The summed E-state index contributed by atoms with van der Waals surface area (Å²) in [6.07, 6.45) is 4.94. The lowest BCUT2D eigenvalue weighted by molar-refractivity contribution is 0.159. The number of methoxy groups -OCH3 is 1. The molecule has 1 saturated heterocycles. The average Bonchev–Trinajstić information content (AvgIpc) is 2.79. The Hall–Kier alpha value is -1.06. The van der Waals surface area contributed by atoms with Gasteiger partial charge in [-0.3, -0.25) is 4.90 Å². The first-order chi connectivity index (χ1) is 9.20. The number of nitrogens with one attached hydrogen (secondary N) is 1. The van der Waals surface area contributed by atoms with E-state index in [9.17, 15) is 0 Å². The van der Waals surface area contributed by atoms with Crippen LogP contribution in [-0.2, 0) is 6.42 Å². The Kier molecular flexibility index (Phi) is 4.83. The normalized spacial score (nSPS) is 23.7. The van der Waals surface area contributed by atoms with Gasteiger partial charge in [-0.05, 0) is 64.0 Å². The predicted molar refractivity (Wildman–Crippen MR) is 79.8 cm³/mol. The molecule has 0 amide bonds. The van der Waals surface area contributed by atoms with Crippen molar-refractivity contribution < 1.29 is 4.74 Å². The van der Waals surface area contributed by atoms with E-state index in [1.165, 1.54) is 31.4 Å². The van der Waals surface area contributed by atoms with Gasteiger partial charge in [0.1, 0.15) is 5.75 Å². The molecule has 0 bridgehead atoms. The summed E-state index contributed by atoms with van der Waals surface area (Å²) < 4.78 is 5.30. The Morgan fingerprint density at radius 3 is 2.89 bits per heavy atom. The molecule has 3 heteroatoms. The van der Waals surface area contributed by atoms with Crippen molar-refractivity contribution in [1.29, 1.82) is 0 Å². The van der Waals surface area contributed by atoms with Crippen LogP contribution in [0.5, 0.6) is 5.75 Å². The van der Waals surface area contributed by atoms with Crippen molar-refractivity contribution in [3.63, 3.8) is 0 Å². The van der Waals surface area contributed by atoms with E-state index in [1.807, 2.05) is 6.07 Å². The van der Waals surface area contributed by atoms with Crippen molar-refractivity contribution in [1.82, 2.24) is 10.2 Å². The number of hydrogen-bond acceptors (Lipinski definition) is 3. The van der Waals surface area contributed by atoms with Crippen LogP contribution in [0.1, 0.15) is 24.8 Å². The van der Waals surface area contributed by atoms with E-state index in [1.54, 1.807) is 7.11 Å². The minimum absolute atomic E-state index is 0.331. The van der Waals surface area contributed by atoms with Crippen molar-refractivity contribution in [2.75, 3.05) is 34.3 Å². The third-order valence-electron chi connectivity index (χ3n) is 4.46. The highest BCUT2D eigenvalue weighted by Gasteiger charge is 2.37. The van der Waals surface area contributed by atoms with E-state index in [4.69, 9.17) is 4.74 Å². The van der Waals surface area contributed by atoms with Crippen molar-refractivity contribution in [3.05, 3.63) is 29.8 Å². The Bertz CT molecular complexity index is 407. The molecule has 1 unspecified atom stereocenters. The Labute approximate surface area is 116 Å². The van der Waals surface area contributed by atoms with Gasteiger partial charge in [0.05, 0.1) is 7.11 Å². The van der Waals surface area contributed by atoms with Gasteiger partial charge in [-0.15, -0.1) is 0 Å². The van der Waals surface area contributed by atoms with E-state index in [0.29, 0.717) is 5.54 Å². The van der Waals surface area contributed by atoms with Crippen molar-refractivity contribution in [2.24, 2.45) is 0 Å². The van der Waals surface area contributed by atoms with Crippen LogP contribution in [0.3, 0.4) is 0 Å². The highest BCUT2D eigenvalue weighted by molar-refractivity contribution is 5.28. The SMILES string of the molecule is CNCC1(CCc2cccc(OC)c2)CCCN1C. The second kappa shape index (κ2) is 6.40. The first kappa shape index (κ1) is 14.4. The molecule has 2 rings (SSSR count). The molecule has 0 saturated carbocycles. The van der Waals surface area contributed by atoms with Gasteiger partial charge in [0, 0.05) is 12.1 Å². The fourth-order valence-corrected chi connectivity index (χ4v) is 3.23. The van der Waals surface area contributed by atoms with Gasteiger partial charge in [0.15, 0.2) is 0 Å². The molecule has 0 aromatic heterocycles. The molecule has 3 nitrogen and oxygen atoms in total. The van der Waals surface area contributed by atoms with Crippen LogP contribution in [0.25, 0.3) is 0 Å². The maximum atomic E-state index is 5.30. The Morgan fingerprint density at radius 2 is 2.26 bits per heavy atom. The first-order valence-electron chi connectivity index (χ1n) is 7.19. The molecule has 1 atom stereocenters. The molecule has 19 heavy (non-hydrogen) atoms. The summed E-state index contributed by atoms with van der Waals surface area (Å²) in [5.74, 6) is 0.958. The summed E-state index contributed by atoms with van der Waals surface area (Å²) in [6, 6.07) is 8.44. The van der Waals surface area contributed by atoms with Gasteiger partial charge in [0.25, 0.3) is 0 Å². The molecule has 1 aliphatic heterocycles. The number of likely N-dealkylation sites (N-methyl/N-ethyl adjacent to an activating group) is 2. The molecular formula is C16H26N2O. The second-order valence-corrected chi connectivity index (χ2v) is 5.63. The summed E-state index contributed by atoms with van der Waals surface area (Å²) in [5.41, 5.74) is 1.70. The summed E-state index contributed by atoms with van der Waals surface area (Å²) >= 11 is 0. The van der Waals surface area contributed by atoms with Gasteiger partial charge in [-0.1, -0.05) is 12.1 Å². The van der Waals surface area contributed by atoms with E-state index in [0.717, 1.165) is 18.7 Å². The minimum Gasteiger partial charge on any atom is -0.497 e. The van der Waals surface area contributed by atoms with Crippen LogP contribution in [0.2, 0.25) is 0 Å². The summed E-state index contributed by atoms with van der Waals surface area (Å²) in [5, 5.41) is 3.37. The van der Waals surface area contributed by atoms with Crippen molar-refractivity contribution >= 4 is 0 Å². The minimum atomic E-state index is 0.331. The number of aryl methyl sites for hydroxylation is 1. The molecule has 1 heterocycles. The molecular weight excluding hydrogens is 236 g/mol. The van der Waals surface area contributed by atoms with Crippen LogP contribution < -0.4 is 10.1 Å². The van der Waals surface area contributed by atoms with E-state index in [-0.39, 0.29) is 0 Å². The van der Waals surface area contributed by atoms with Crippen LogP contribution in [0, 0.1) is 0 Å². The molecule has 1 aromatic carbocycles. The van der Waals surface area contributed by atoms with E-state index >= 15 is 0 Å². The van der Waals surface area contributed by atoms with Crippen LogP contribution in [0.15, 0.2) is 24.3 Å². The van der Waals surface area contributed by atoms with Gasteiger partial charge in [0.2, 0.25) is 0 Å². The summed E-state index contributed by atoms with van der Waals surface area (Å²) in [4.78, 5) is 2.53.